The Morgan fingerprint density at radius 2 is 2.00 bits per heavy atom. The van der Waals surface area contributed by atoms with Crippen molar-refractivity contribution in [2.24, 2.45) is 0 Å². The van der Waals surface area contributed by atoms with Crippen LogP contribution < -0.4 is 19.3 Å². The lowest BCUT2D eigenvalue weighted by molar-refractivity contribution is -0.137. The van der Waals surface area contributed by atoms with Gasteiger partial charge in [0.25, 0.3) is 0 Å². The lowest BCUT2D eigenvalue weighted by Gasteiger charge is -2.33. The first kappa shape index (κ1) is 21.2. The van der Waals surface area contributed by atoms with Crippen LogP contribution in [0, 0.1) is 5.82 Å². The summed E-state index contributed by atoms with van der Waals surface area (Å²) in [5, 5.41) is 9.10. The average Bonchev–Trinajstić information content (AvgIpc) is 3.23. The fourth-order valence-electron chi connectivity index (χ4n) is 4.45. The normalized spacial score (nSPS) is 19.5. The second kappa shape index (κ2) is 9.41. The van der Waals surface area contributed by atoms with Gasteiger partial charge in [0.05, 0.1) is 31.1 Å². The average molecular weight is 429 g/mol. The lowest BCUT2D eigenvalue weighted by Crippen LogP contribution is -2.38. The van der Waals surface area contributed by atoms with E-state index in [-0.39, 0.29) is 24.4 Å². The van der Waals surface area contributed by atoms with Gasteiger partial charge in [-0.2, -0.15) is 0 Å². The number of nitrogens with zero attached hydrogens (tertiary/aromatic N) is 3. The molecule has 0 spiro atoms. The number of carboxylic acid groups (broad SMARTS) is 1. The molecule has 1 aromatic heterocycles. The van der Waals surface area contributed by atoms with E-state index in [1.165, 1.54) is 6.07 Å². The number of aromatic nitrogens is 1. The quantitative estimate of drug-likeness (QED) is 0.719. The van der Waals surface area contributed by atoms with Gasteiger partial charge >= 0.3 is 5.97 Å². The Balaban J connectivity index is 1.32. The first-order chi connectivity index (χ1) is 15.0. The van der Waals surface area contributed by atoms with Crippen LogP contribution in [0.5, 0.6) is 11.6 Å². The van der Waals surface area contributed by atoms with Crippen molar-refractivity contribution in [3.05, 3.63) is 42.3 Å². The summed E-state index contributed by atoms with van der Waals surface area (Å²) in [6.07, 6.45) is 5.34. The smallest absolute Gasteiger partial charge is 0.305 e. The van der Waals surface area contributed by atoms with Gasteiger partial charge in [-0.25, -0.2) is 9.37 Å². The molecule has 31 heavy (non-hydrogen) atoms. The molecule has 7 nitrogen and oxygen atoms in total. The molecular weight excluding hydrogens is 401 g/mol. The summed E-state index contributed by atoms with van der Waals surface area (Å²) in [6.45, 7) is 2.23. The van der Waals surface area contributed by atoms with Gasteiger partial charge in [-0.3, -0.25) is 4.79 Å². The highest BCUT2D eigenvalue weighted by Gasteiger charge is 2.27. The maximum atomic E-state index is 14.2. The Morgan fingerprint density at radius 3 is 2.68 bits per heavy atom. The number of anilines is 2. The first-order valence-electron chi connectivity index (χ1n) is 10.7. The molecule has 0 saturated carbocycles. The summed E-state index contributed by atoms with van der Waals surface area (Å²) < 4.78 is 25.5. The molecule has 2 aliphatic heterocycles. The molecule has 1 N–H and O–H groups in total. The van der Waals surface area contributed by atoms with Gasteiger partial charge in [-0.05, 0) is 31.0 Å². The van der Waals surface area contributed by atoms with Gasteiger partial charge in [0.1, 0.15) is 17.7 Å². The number of hydrogen-bond acceptors (Lipinski definition) is 6. The molecule has 0 bridgehead atoms. The molecule has 0 aliphatic carbocycles. The first-order valence-corrected chi connectivity index (χ1v) is 10.7. The second-order valence-electron chi connectivity index (χ2n) is 8.06. The monoisotopic (exact) mass is 429 g/mol. The highest BCUT2D eigenvalue weighted by molar-refractivity contribution is 5.68. The number of aliphatic carboxylic acids is 1. The van der Waals surface area contributed by atoms with E-state index in [0.29, 0.717) is 30.4 Å². The summed E-state index contributed by atoms with van der Waals surface area (Å²) in [5.41, 5.74) is 1.49. The molecule has 4 rings (SSSR count). The molecule has 8 heteroatoms. The van der Waals surface area contributed by atoms with Crippen molar-refractivity contribution in [2.45, 2.75) is 44.2 Å². The minimum atomic E-state index is -0.773. The molecule has 2 aliphatic rings. The maximum Gasteiger partial charge on any atom is 0.305 e. The standard InChI is InChI=1S/C23H28FN3O4/c1-30-19-5-6-20(24)21(14-19)26-11-8-18(9-12-26)31-22-7-4-17(15-25-22)27-10-2-3-16(27)13-23(28)29/h4-7,14-16,18H,2-3,8-13H2,1H3,(H,28,29)/t16-/m1/s1. The zero-order valence-electron chi connectivity index (χ0n) is 17.7. The van der Waals surface area contributed by atoms with E-state index in [9.17, 15) is 9.18 Å². The van der Waals surface area contributed by atoms with Crippen LogP contribution in [0.4, 0.5) is 15.8 Å². The number of carboxylic acids is 1. The maximum absolute atomic E-state index is 14.2. The number of hydrogen-bond donors (Lipinski definition) is 1. The number of carbonyl (C=O) groups is 1. The van der Waals surface area contributed by atoms with Crippen molar-refractivity contribution in [3.63, 3.8) is 0 Å². The van der Waals surface area contributed by atoms with Crippen molar-refractivity contribution >= 4 is 17.3 Å². The minimum absolute atomic E-state index is 0.0207. The largest absolute Gasteiger partial charge is 0.497 e. The highest BCUT2D eigenvalue weighted by atomic mass is 19.1. The van der Waals surface area contributed by atoms with Crippen molar-refractivity contribution in [2.75, 3.05) is 36.5 Å². The molecule has 2 fully saturated rings. The fraction of sp³-hybridized carbons (Fsp3) is 0.478. The summed E-state index contributed by atoms with van der Waals surface area (Å²) in [6, 6.07) is 8.60. The Labute approximate surface area is 181 Å². The van der Waals surface area contributed by atoms with Crippen LogP contribution >= 0.6 is 0 Å². The Hall–Kier alpha value is -3.03. The van der Waals surface area contributed by atoms with Crippen LogP contribution in [0.1, 0.15) is 32.1 Å². The van der Waals surface area contributed by atoms with Crippen LogP contribution in [0.3, 0.4) is 0 Å². The predicted molar refractivity (Wildman–Crippen MR) is 116 cm³/mol. The van der Waals surface area contributed by atoms with Crippen LogP contribution in [-0.2, 0) is 4.79 Å². The van der Waals surface area contributed by atoms with E-state index < -0.39 is 5.97 Å². The molecule has 0 unspecified atom stereocenters. The number of methoxy groups -OCH3 is 1. The van der Waals surface area contributed by atoms with Gasteiger partial charge in [-0.1, -0.05) is 0 Å². The topological polar surface area (TPSA) is 75.1 Å². The molecule has 1 aromatic carbocycles. The summed E-state index contributed by atoms with van der Waals surface area (Å²) in [4.78, 5) is 19.7. The van der Waals surface area contributed by atoms with E-state index in [4.69, 9.17) is 14.6 Å². The van der Waals surface area contributed by atoms with E-state index in [1.807, 2.05) is 17.0 Å². The number of benzene rings is 1. The molecule has 2 aromatic rings. The molecular formula is C23H28FN3O4. The zero-order valence-corrected chi connectivity index (χ0v) is 17.7. The van der Waals surface area contributed by atoms with Gasteiger partial charge < -0.3 is 24.4 Å². The molecule has 0 radical (unpaired) electrons. The van der Waals surface area contributed by atoms with Gasteiger partial charge in [-0.15, -0.1) is 0 Å². The number of piperidine rings is 1. The predicted octanol–water partition coefficient (Wildman–Crippen LogP) is 3.72. The summed E-state index contributed by atoms with van der Waals surface area (Å²) in [5.74, 6) is 0.178. The third-order valence-electron chi connectivity index (χ3n) is 6.06. The summed E-state index contributed by atoms with van der Waals surface area (Å²) >= 11 is 0. The van der Waals surface area contributed by atoms with E-state index >= 15 is 0 Å². The third-order valence-corrected chi connectivity index (χ3v) is 6.06. The van der Waals surface area contributed by atoms with Crippen LogP contribution in [0.25, 0.3) is 0 Å². The van der Waals surface area contributed by atoms with Crippen molar-refractivity contribution < 1.29 is 23.8 Å². The number of halogens is 1. The van der Waals surface area contributed by atoms with Gasteiger partial charge in [0.2, 0.25) is 5.88 Å². The van der Waals surface area contributed by atoms with E-state index in [2.05, 4.69) is 9.88 Å². The van der Waals surface area contributed by atoms with Crippen molar-refractivity contribution in [1.82, 2.24) is 4.98 Å². The lowest BCUT2D eigenvalue weighted by atomic mass is 10.1. The van der Waals surface area contributed by atoms with Gasteiger partial charge in [0.15, 0.2) is 0 Å². The molecule has 2 saturated heterocycles. The molecule has 1 atom stereocenters. The highest BCUT2D eigenvalue weighted by Crippen LogP contribution is 2.30. The van der Waals surface area contributed by atoms with Crippen LogP contribution in [0.2, 0.25) is 0 Å². The molecule has 166 valence electrons. The van der Waals surface area contributed by atoms with Gasteiger partial charge in [0, 0.05) is 50.7 Å². The second-order valence-corrected chi connectivity index (χ2v) is 8.06. The van der Waals surface area contributed by atoms with E-state index in [1.54, 1.807) is 25.4 Å². The number of rotatable bonds is 7. The minimum Gasteiger partial charge on any atom is -0.497 e. The van der Waals surface area contributed by atoms with E-state index in [0.717, 1.165) is 37.9 Å². The SMILES string of the molecule is COc1ccc(F)c(N2CCC(Oc3ccc(N4CCC[C@@H]4CC(=O)O)cn3)CC2)c1. The number of pyridine rings is 1. The Morgan fingerprint density at radius 1 is 1.19 bits per heavy atom. The Bertz CT molecular complexity index is 900. The molecule has 3 heterocycles. The van der Waals surface area contributed by atoms with Crippen LogP contribution in [-0.4, -0.2) is 54.9 Å². The van der Waals surface area contributed by atoms with Crippen molar-refractivity contribution in [3.8, 4) is 11.6 Å². The molecule has 0 amide bonds. The van der Waals surface area contributed by atoms with Crippen LogP contribution in [0.15, 0.2) is 36.5 Å². The Kier molecular flexibility index (Phi) is 6.44. The number of ether oxygens (including phenoxy) is 2. The van der Waals surface area contributed by atoms with Crippen molar-refractivity contribution in [1.29, 1.82) is 0 Å². The summed E-state index contributed by atoms with van der Waals surface area (Å²) in [7, 11) is 1.57. The zero-order chi connectivity index (χ0) is 21.8. The third kappa shape index (κ3) is 5.00. The fourth-order valence-corrected chi connectivity index (χ4v) is 4.45.